The highest BCUT2D eigenvalue weighted by molar-refractivity contribution is 6.08. The molecular weight excluding hydrogens is 265 g/mol. The molecule has 2 N–H and O–H groups in total. The van der Waals surface area contributed by atoms with Crippen molar-refractivity contribution in [3.8, 4) is 0 Å². The zero-order chi connectivity index (χ0) is 14.6. The van der Waals surface area contributed by atoms with E-state index in [9.17, 15) is 4.39 Å². The maximum absolute atomic E-state index is 13.4. The number of anilines is 1. The van der Waals surface area contributed by atoms with Crippen molar-refractivity contribution in [3.63, 3.8) is 0 Å². The minimum Gasteiger partial charge on any atom is -0.398 e. The first-order valence-corrected chi connectivity index (χ1v) is 6.68. The third kappa shape index (κ3) is 1.80. The van der Waals surface area contributed by atoms with Crippen LogP contribution in [-0.4, -0.2) is 9.97 Å². The van der Waals surface area contributed by atoms with E-state index in [0.717, 1.165) is 21.9 Å². The number of aromatic nitrogens is 2. The molecule has 21 heavy (non-hydrogen) atoms. The molecule has 0 unspecified atom stereocenters. The Morgan fingerprint density at radius 3 is 2.52 bits per heavy atom. The quantitative estimate of drug-likeness (QED) is 0.495. The smallest absolute Gasteiger partial charge is 0.162 e. The number of halogens is 1. The molecule has 0 saturated carbocycles. The largest absolute Gasteiger partial charge is 0.398 e. The number of pyridine rings is 2. The van der Waals surface area contributed by atoms with Crippen LogP contribution in [0.4, 0.5) is 10.1 Å². The highest BCUT2D eigenvalue weighted by atomic mass is 19.1. The summed E-state index contributed by atoms with van der Waals surface area (Å²) in [4.78, 5) is 9.06. The molecule has 2 aromatic carbocycles. The lowest BCUT2D eigenvalue weighted by Crippen LogP contribution is -1.95. The van der Waals surface area contributed by atoms with Gasteiger partial charge in [-0.25, -0.2) is 14.4 Å². The monoisotopic (exact) mass is 277 g/mol. The SMILES string of the molecule is Cc1ccc2nc3nc4ccc(F)cc4c(N)c3cc2c1. The van der Waals surface area contributed by atoms with Crippen LogP contribution in [0.1, 0.15) is 5.56 Å². The van der Waals surface area contributed by atoms with E-state index in [1.807, 2.05) is 25.1 Å². The van der Waals surface area contributed by atoms with Crippen LogP contribution in [0.25, 0.3) is 32.8 Å². The van der Waals surface area contributed by atoms with Crippen molar-refractivity contribution in [1.29, 1.82) is 0 Å². The Kier molecular flexibility index (Phi) is 2.36. The van der Waals surface area contributed by atoms with E-state index >= 15 is 0 Å². The molecule has 4 rings (SSSR count). The van der Waals surface area contributed by atoms with Crippen LogP contribution in [0.15, 0.2) is 42.5 Å². The Morgan fingerprint density at radius 2 is 1.67 bits per heavy atom. The fourth-order valence-corrected chi connectivity index (χ4v) is 2.65. The van der Waals surface area contributed by atoms with Gasteiger partial charge in [-0.1, -0.05) is 11.6 Å². The molecule has 0 spiro atoms. The van der Waals surface area contributed by atoms with Crippen molar-refractivity contribution in [2.45, 2.75) is 6.92 Å². The second-order valence-corrected chi connectivity index (χ2v) is 5.24. The van der Waals surface area contributed by atoms with Crippen molar-refractivity contribution >= 4 is 38.5 Å². The predicted octanol–water partition coefficient (Wildman–Crippen LogP) is 3.97. The summed E-state index contributed by atoms with van der Waals surface area (Å²) in [6.07, 6.45) is 0. The standard InChI is InChI=1S/C17H12FN3/c1-9-2-4-14-10(6-9)7-13-16(19)12-8-11(18)3-5-15(12)21-17(13)20-14/h2-8H,1H3,(H2,19,20,21). The number of aryl methyl sites for hydroxylation is 1. The van der Waals surface area contributed by atoms with Crippen LogP contribution in [0.2, 0.25) is 0 Å². The summed E-state index contributed by atoms with van der Waals surface area (Å²) in [5, 5.41) is 2.38. The molecule has 0 aliphatic carbocycles. The van der Waals surface area contributed by atoms with E-state index in [-0.39, 0.29) is 5.82 Å². The van der Waals surface area contributed by atoms with Gasteiger partial charge >= 0.3 is 0 Å². The lowest BCUT2D eigenvalue weighted by molar-refractivity contribution is 0.629. The van der Waals surface area contributed by atoms with Crippen molar-refractivity contribution in [1.82, 2.24) is 9.97 Å². The number of nitrogen functional groups attached to an aromatic ring is 1. The van der Waals surface area contributed by atoms with E-state index in [1.165, 1.54) is 12.1 Å². The Balaban J connectivity index is 2.20. The van der Waals surface area contributed by atoms with Gasteiger partial charge in [-0.05, 0) is 43.3 Å². The fraction of sp³-hybridized carbons (Fsp3) is 0.0588. The Hall–Kier alpha value is -2.75. The van der Waals surface area contributed by atoms with Crippen LogP contribution < -0.4 is 5.73 Å². The lowest BCUT2D eigenvalue weighted by atomic mass is 10.1. The molecule has 0 aliphatic heterocycles. The molecule has 4 heteroatoms. The molecule has 2 aromatic heterocycles. The molecule has 2 heterocycles. The Bertz CT molecular complexity index is 1020. The zero-order valence-corrected chi connectivity index (χ0v) is 11.4. The molecule has 0 bridgehead atoms. The van der Waals surface area contributed by atoms with Gasteiger partial charge in [-0.2, -0.15) is 0 Å². The third-order valence-corrected chi connectivity index (χ3v) is 3.72. The van der Waals surface area contributed by atoms with Crippen molar-refractivity contribution in [2.24, 2.45) is 0 Å². The topological polar surface area (TPSA) is 51.8 Å². The average molecular weight is 277 g/mol. The maximum Gasteiger partial charge on any atom is 0.162 e. The minimum absolute atomic E-state index is 0.319. The van der Waals surface area contributed by atoms with Gasteiger partial charge < -0.3 is 5.73 Å². The summed E-state index contributed by atoms with van der Waals surface area (Å²) in [5.41, 5.74) is 10.00. The highest BCUT2D eigenvalue weighted by Crippen LogP contribution is 2.30. The van der Waals surface area contributed by atoms with Gasteiger partial charge in [0, 0.05) is 16.2 Å². The van der Waals surface area contributed by atoms with Crippen molar-refractivity contribution in [2.75, 3.05) is 5.73 Å². The van der Waals surface area contributed by atoms with Gasteiger partial charge in [0.05, 0.1) is 16.7 Å². The molecule has 0 fully saturated rings. The Morgan fingerprint density at radius 1 is 0.905 bits per heavy atom. The van der Waals surface area contributed by atoms with Crippen LogP contribution >= 0.6 is 0 Å². The summed E-state index contributed by atoms with van der Waals surface area (Å²) >= 11 is 0. The molecule has 0 saturated heterocycles. The number of hydrogen-bond acceptors (Lipinski definition) is 3. The first-order chi connectivity index (χ1) is 10.1. The van der Waals surface area contributed by atoms with Gasteiger partial charge in [0.15, 0.2) is 5.65 Å². The first kappa shape index (κ1) is 12.0. The number of nitrogens with zero attached hydrogens (tertiary/aromatic N) is 2. The average Bonchev–Trinajstić information content (AvgIpc) is 2.47. The molecule has 102 valence electrons. The number of benzene rings is 2. The second-order valence-electron chi connectivity index (χ2n) is 5.24. The molecule has 0 aliphatic rings. The normalized spacial score (nSPS) is 11.5. The van der Waals surface area contributed by atoms with Crippen molar-refractivity contribution < 1.29 is 4.39 Å². The summed E-state index contributed by atoms with van der Waals surface area (Å²) in [6.45, 7) is 2.03. The molecule has 0 radical (unpaired) electrons. The number of rotatable bonds is 0. The van der Waals surface area contributed by atoms with Gasteiger partial charge in [0.25, 0.3) is 0 Å². The lowest BCUT2D eigenvalue weighted by Gasteiger charge is -2.08. The minimum atomic E-state index is -0.319. The summed E-state index contributed by atoms with van der Waals surface area (Å²) < 4.78 is 13.4. The number of nitrogens with two attached hydrogens (primary N) is 1. The van der Waals surface area contributed by atoms with Gasteiger partial charge in [-0.3, -0.25) is 0 Å². The summed E-state index contributed by atoms with van der Waals surface area (Å²) in [6, 6.07) is 12.4. The van der Waals surface area contributed by atoms with Gasteiger partial charge in [0.1, 0.15) is 5.82 Å². The highest BCUT2D eigenvalue weighted by Gasteiger charge is 2.10. The summed E-state index contributed by atoms with van der Waals surface area (Å²) in [7, 11) is 0. The zero-order valence-electron chi connectivity index (χ0n) is 11.4. The van der Waals surface area contributed by atoms with Crippen LogP contribution in [0.3, 0.4) is 0 Å². The van der Waals surface area contributed by atoms with E-state index in [1.54, 1.807) is 6.07 Å². The van der Waals surface area contributed by atoms with E-state index in [2.05, 4.69) is 16.0 Å². The van der Waals surface area contributed by atoms with E-state index in [4.69, 9.17) is 5.73 Å². The molecule has 0 atom stereocenters. The fourth-order valence-electron chi connectivity index (χ4n) is 2.65. The molecule has 0 amide bonds. The molecule has 4 aromatic rings. The predicted molar refractivity (Wildman–Crippen MR) is 83.7 cm³/mol. The molecule has 3 nitrogen and oxygen atoms in total. The van der Waals surface area contributed by atoms with Gasteiger partial charge in [-0.15, -0.1) is 0 Å². The number of hydrogen-bond donors (Lipinski definition) is 1. The van der Waals surface area contributed by atoms with Crippen LogP contribution in [-0.2, 0) is 0 Å². The maximum atomic E-state index is 13.4. The Labute approximate surface area is 120 Å². The van der Waals surface area contributed by atoms with Crippen LogP contribution in [0.5, 0.6) is 0 Å². The third-order valence-electron chi connectivity index (χ3n) is 3.72. The first-order valence-electron chi connectivity index (χ1n) is 6.68. The van der Waals surface area contributed by atoms with Crippen LogP contribution in [0, 0.1) is 12.7 Å². The number of fused-ring (bicyclic) bond motifs is 3. The van der Waals surface area contributed by atoms with E-state index in [0.29, 0.717) is 22.2 Å². The van der Waals surface area contributed by atoms with E-state index < -0.39 is 0 Å². The second kappa shape index (κ2) is 4.12. The van der Waals surface area contributed by atoms with Crippen molar-refractivity contribution in [3.05, 3.63) is 53.8 Å². The molecular formula is C17H12FN3. The van der Waals surface area contributed by atoms with Gasteiger partial charge in [0.2, 0.25) is 0 Å². The summed E-state index contributed by atoms with van der Waals surface area (Å²) in [5.74, 6) is -0.319.